The number of carboxylic acid groups (broad SMARTS) is 1. The molecule has 0 aromatic heterocycles. The van der Waals surface area contributed by atoms with Crippen molar-refractivity contribution in [1.29, 1.82) is 0 Å². The van der Waals surface area contributed by atoms with Crippen LogP contribution >= 0.6 is 22.6 Å². The summed E-state index contributed by atoms with van der Waals surface area (Å²) < 4.78 is 7.20. The molecule has 1 saturated carbocycles. The van der Waals surface area contributed by atoms with Crippen LogP contribution in [0.3, 0.4) is 0 Å². The Balaban J connectivity index is 0.00000192. The molecular formula is C17H20INaO4. The summed E-state index contributed by atoms with van der Waals surface area (Å²) in [7, 11) is 0. The van der Waals surface area contributed by atoms with Crippen molar-refractivity contribution in [3.8, 4) is 5.75 Å². The van der Waals surface area contributed by atoms with E-state index < -0.39 is 23.1 Å². The van der Waals surface area contributed by atoms with Crippen LogP contribution in [0.25, 0.3) is 0 Å². The van der Waals surface area contributed by atoms with E-state index in [9.17, 15) is 15.0 Å². The van der Waals surface area contributed by atoms with Crippen LogP contribution in [0.1, 0.15) is 49.5 Å². The second kappa shape index (κ2) is 6.48. The van der Waals surface area contributed by atoms with Crippen LogP contribution in [-0.2, 0) is 6.42 Å². The smallest absolute Gasteiger partial charge is 0.545 e. The van der Waals surface area contributed by atoms with E-state index in [1.54, 1.807) is 12.1 Å². The summed E-state index contributed by atoms with van der Waals surface area (Å²) in [6.45, 7) is 6.25. The molecule has 1 heterocycles. The molecule has 1 aliphatic carbocycles. The third kappa shape index (κ3) is 2.86. The van der Waals surface area contributed by atoms with Gasteiger partial charge in [-0.05, 0) is 64.6 Å². The van der Waals surface area contributed by atoms with Crippen molar-refractivity contribution in [1.82, 2.24) is 0 Å². The van der Waals surface area contributed by atoms with Gasteiger partial charge in [-0.25, -0.2) is 0 Å². The van der Waals surface area contributed by atoms with Gasteiger partial charge in [0, 0.05) is 11.8 Å². The first-order valence-electron chi connectivity index (χ1n) is 7.60. The molecule has 4 nitrogen and oxygen atoms in total. The van der Waals surface area contributed by atoms with Crippen LogP contribution in [0.5, 0.6) is 5.75 Å². The van der Waals surface area contributed by atoms with Gasteiger partial charge in [-0.1, -0.05) is 20.8 Å². The number of aliphatic hydroxyl groups is 1. The van der Waals surface area contributed by atoms with Crippen molar-refractivity contribution in [2.24, 2.45) is 11.3 Å². The summed E-state index contributed by atoms with van der Waals surface area (Å²) in [4.78, 5) is 11.2. The molecular weight excluding hydrogens is 418 g/mol. The summed E-state index contributed by atoms with van der Waals surface area (Å²) in [5, 5.41) is 21.7. The molecule has 0 bridgehead atoms. The molecule has 2 aliphatic rings. The first-order valence-corrected chi connectivity index (χ1v) is 8.68. The Kier molecular flexibility index (Phi) is 5.50. The average Bonchev–Trinajstić information content (AvgIpc) is 2.84. The molecule has 1 aromatic rings. The molecule has 0 saturated heterocycles. The Morgan fingerprint density at radius 2 is 2.04 bits per heavy atom. The molecule has 3 rings (SSSR count). The van der Waals surface area contributed by atoms with E-state index in [1.807, 2.05) is 13.8 Å². The maximum atomic E-state index is 11.2. The molecule has 1 N–H and O–H groups in total. The number of benzene rings is 1. The number of aliphatic hydroxyl groups excluding tert-OH is 1. The number of halogens is 1. The minimum absolute atomic E-state index is 0. The maximum Gasteiger partial charge on any atom is 1.00 e. The number of ether oxygens (including phenoxy) is 1. The molecule has 1 aliphatic heterocycles. The molecule has 1 fully saturated rings. The van der Waals surface area contributed by atoms with E-state index in [-0.39, 0.29) is 35.1 Å². The van der Waals surface area contributed by atoms with Crippen LogP contribution in [0.15, 0.2) is 12.1 Å². The van der Waals surface area contributed by atoms with Gasteiger partial charge in [-0.3, -0.25) is 0 Å². The summed E-state index contributed by atoms with van der Waals surface area (Å²) in [5.74, 6) is -0.113. The number of aromatic carboxylic acids is 1. The molecule has 120 valence electrons. The first kappa shape index (κ1) is 19.5. The summed E-state index contributed by atoms with van der Waals surface area (Å²) in [5.41, 5.74) is 0.206. The summed E-state index contributed by atoms with van der Waals surface area (Å²) >= 11 is 2.11. The molecule has 0 radical (unpaired) electrons. The Morgan fingerprint density at radius 3 is 2.65 bits per heavy atom. The first-order chi connectivity index (χ1) is 10.2. The van der Waals surface area contributed by atoms with Crippen molar-refractivity contribution in [2.45, 2.75) is 51.7 Å². The largest absolute Gasteiger partial charge is 1.00 e. The van der Waals surface area contributed by atoms with Gasteiger partial charge >= 0.3 is 29.6 Å². The summed E-state index contributed by atoms with van der Waals surface area (Å²) in [6.07, 6.45) is 1.89. The Hall–Kier alpha value is 0.180. The molecule has 23 heavy (non-hydrogen) atoms. The van der Waals surface area contributed by atoms with Crippen LogP contribution in [-0.4, -0.2) is 22.8 Å². The number of carbonyl (C=O) groups is 1. The Morgan fingerprint density at radius 1 is 1.39 bits per heavy atom. The number of fused-ring (bicyclic) bond motifs is 1. The van der Waals surface area contributed by atoms with Gasteiger partial charge in [0.2, 0.25) is 0 Å². The minimum atomic E-state index is -1.17. The van der Waals surface area contributed by atoms with Crippen molar-refractivity contribution in [2.75, 3.05) is 0 Å². The zero-order valence-corrected chi connectivity index (χ0v) is 18.1. The van der Waals surface area contributed by atoms with Crippen molar-refractivity contribution in [3.05, 3.63) is 26.8 Å². The number of carboxylic acids is 1. The number of hydrogen-bond donors (Lipinski definition) is 1. The fourth-order valence-electron chi connectivity index (χ4n) is 4.07. The fraction of sp³-hybridized carbons (Fsp3) is 0.588. The zero-order valence-electron chi connectivity index (χ0n) is 14.0. The van der Waals surface area contributed by atoms with Crippen LogP contribution < -0.4 is 39.4 Å². The molecule has 3 atom stereocenters. The topological polar surface area (TPSA) is 69.6 Å². The van der Waals surface area contributed by atoms with Crippen molar-refractivity contribution >= 4 is 28.6 Å². The molecule has 0 unspecified atom stereocenters. The van der Waals surface area contributed by atoms with Gasteiger partial charge in [-0.2, -0.15) is 0 Å². The van der Waals surface area contributed by atoms with E-state index >= 15 is 0 Å². The number of hydrogen-bond acceptors (Lipinski definition) is 4. The average molecular weight is 438 g/mol. The van der Waals surface area contributed by atoms with E-state index in [1.165, 1.54) is 0 Å². The number of carbonyl (C=O) groups excluding carboxylic acids is 1. The molecule has 1 spiro atoms. The second-order valence-corrected chi connectivity index (χ2v) is 8.28. The normalized spacial score (nSPS) is 31.2. The van der Waals surface area contributed by atoms with E-state index in [4.69, 9.17) is 4.74 Å². The van der Waals surface area contributed by atoms with E-state index in [0.717, 1.165) is 27.7 Å². The van der Waals surface area contributed by atoms with Gasteiger partial charge in [0.15, 0.2) is 0 Å². The maximum absolute atomic E-state index is 11.2. The fourth-order valence-corrected chi connectivity index (χ4v) is 4.86. The molecule has 6 heteroatoms. The Labute approximate surface area is 172 Å². The predicted molar refractivity (Wildman–Crippen MR) is 88.7 cm³/mol. The van der Waals surface area contributed by atoms with Crippen molar-refractivity contribution < 1.29 is 49.3 Å². The standard InChI is InChI=1S/C17H21IO4.Na/c1-9-4-5-13(19)16(2,3)17(9)8-11-6-10(15(20)21)7-12(18)14(11)22-17;/h6-7,9,13,19H,4-5,8H2,1-3H3,(H,20,21);/q;+1/p-1/t9-,13+,17+;/m1./s1. The van der Waals surface area contributed by atoms with Gasteiger partial charge in [0.1, 0.15) is 11.4 Å². The summed E-state index contributed by atoms with van der Waals surface area (Å²) in [6, 6.07) is 3.25. The van der Waals surface area contributed by atoms with E-state index in [0.29, 0.717) is 12.3 Å². The van der Waals surface area contributed by atoms with Gasteiger partial charge in [0.25, 0.3) is 0 Å². The minimum Gasteiger partial charge on any atom is -0.545 e. The predicted octanol–water partition coefficient (Wildman–Crippen LogP) is -0.851. The van der Waals surface area contributed by atoms with Crippen LogP contribution in [0.2, 0.25) is 0 Å². The third-order valence-electron chi connectivity index (χ3n) is 5.69. The van der Waals surface area contributed by atoms with Crippen molar-refractivity contribution in [3.63, 3.8) is 0 Å². The van der Waals surface area contributed by atoms with Gasteiger partial charge in [0.05, 0.1) is 15.6 Å². The molecule has 1 aromatic carbocycles. The monoisotopic (exact) mass is 438 g/mol. The number of rotatable bonds is 1. The quantitative estimate of drug-likeness (QED) is 0.459. The van der Waals surface area contributed by atoms with Crippen LogP contribution in [0, 0.1) is 14.9 Å². The second-order valence-electron chi connectivity index (χ2n) is 7.12. The zero-order chi connectivity index (χ0) is 16.3. The SMILES string of the molecule is C[C@@H]1CC[C@H](O)C(C)(C)[C@]12Cc1cc(C(=O)[O-])cc(I)c1O2.[Na+]. The van der Waals surface area contributed by atoms with Gasteiger partial charge < -0.3 is 19.7 Å². The van der Waals surface area contributed by atoms with Gasteiger partial charge in [-0.15, -0.1) is 0 Å². The van der Waals surface area contributed by atoms with Crippen LogP contribution in [0.4, 0.5) is 0 Å². The molecule has 0 amide bonds. The Bertz CT molecular complexity index is 646. The third-order valence-corrected chi connectivity index (χ3v) is 6.49. The van der Waals surface area contributed by atoms with E-state index in [2.05, 4.69) is 29.5 Å².